The molecule has 0 atom stereocenters. The standard InChI is InChI=1S/C23H25ClN4O3S/c1-3-13-28(22-11-5-4-10-21(22)24)32(30,31)20-9-6-8-19(15-20)23(29)25-12-7-14-27-17-18(2)16-26-27/h3-6,8-11,15-17H,1,7,12-14H2,2H3,(H,25,29). The van der Waals surface area contributed by atoms with Gasteiger partial charge in [-0.15, -0.1) is 6.58 Å². The summed E-state index contributed by atoms with van der Waals surface area (Å²) < 4.78 is 29.7. The highest BCUT2D eigenvalue weighted by molar-refractivity contribution is 7.92. The van der Waals surface area contributed by atoms with Crippen LogP contribution < -0.4 is 9.62 Å². The molecule has 9 heteroatoms. The van der Waals surface area contributed by atoms with Crippen molar-refractivity contribution in [2.45, 2.75) is 24.8 Å². The smallest absolute Gasteiger partial charge is 0.264 e. The zero-order valence-electron chi connectivity index (χ0n) is 17.7. The molecule has 168 valence electrons. The first-order valence-corrected chi connectivity index (χ1v) is 11.9. The van der Waals surface area contributed by atoms with Crippen LogP contribution in [0.4, 0.5) is 5.69 Å². The molecule has 3 aromatic rings. The number of anilines is 1. The average Bonchev–Trinajstić information content (AvgIpc) is 3.20. The van der Waals surface area contributed by atoms with E-state index < -0.39 is 10.0 Å². The van der Waals surface area contributed by atoms with Crippen LogP contribution in [-0.4, -0.2) is 37.2 Å². The predicted molar refractivity (Wildman–Crippen MR) is 127 cm³/mol. The molecule has 2 aromatic carbocycles. The Kier molecular flexibility index (Phi) is 7.71. The van der Waals surface area contributed by atoms with Crippen LogP contribution in [0, 0.1) is 6.92 Å². The van der Waals surface area contributed by atoms with Gasteiger partial charge in [-0.2, -0.15) is 5.10 Å². The van der Waals surface area contributed by atoms with Crippen LogP contribution in [0.25, 0.3) is 0 Å². The summed E-state index contributed by atoms with van der Waals surface area (Å²) in [4.78, 5) is 12.6. The number of hydrogen-bond donors (Lipinski definition) is 1. The summed E-state index contributed by atoms with van der Waals surface area (Å²) >= 11 is 6.24. The number of aryl methyl sites for hydroxylation is 2. The molecule has 0 spiro atoms. The second kappa shape index (κ2) is 10.5. The number of nitrogens with one attached hydrogen (secondary N) is 1. The van der Waals surface area contributed by atoms with Gasteiger partial charge < -0.3 is 5.32 Å². The zero-order chi connectivity index (χ0) is 23.1. The van der Waals surface area contributed by atoms with Crippen molar-refractivity contribution < 1.29 is 13.2 Å². The summed E-state index contributed by atoms with van der Waals surface area (Å²) in [6.45, 7) is 6.78. The molecule has 1 heterocycles. The lowest BCUT2D eigenvalue weighted by atomic mass is 10.2. The number of carbonyl (C=O) groups is 1. The van der Waals surface area contributed by atoms with Crippen LogP contribution in [-0.2, 0) is 16.6 Å². The summed E-state index contributed by atoms with van der Waals surface area (Å²) in [5.41, 5.74) is 1.69. The number of sulfonamides is 1. The summed E-state index contributed by atoms with van der Waals surface area (Å²) in [5.74, 6) is -0.341. The number of rotatable bonds is 10. The first-order chi connectivity index (χ1) is 15.3. The molecule has 0 radical (unpaired) electrons. The second-order valence-corrected chi connectivity index (χ2v) is 9.46. The number of hydrogen-bond acceptors (Lipinski definition) is 4. The topological polar surface area (TPSA) is 84.3 Å². The molecule has 7 nitrogen and oxygen atoms in total. The van der Waals surface area contributed by atoms with E-state index in [1.165, 1.54) is 22.5 Å². The summed E-state index contributed by atoms with van der Waals surface area (Å²) in [6.07, 6.45) is 5.90. The molecule has 0 aliphatic heterocycles. The van der Waals surface area contributed by atoms with Gasteiger partial charge in [-0.1, -0.05) is 35.9 Å². The van der Waals surface area contributed by atoms with E-state index in [0.29, 0.717) is 30.2 Å². The normalized spacial score (nSPS) is 11.2. The Morgan fingerprint density at radius 3 is 2.72 bits per heavy atom. The quantitative estimate of drug-likeness (QED) is 0.356. The maximum Gasteiger partial charge on any atom is 0.264 e. The Morgan fingerprint density at radius 1 is 1.25 bits per heavy atom. The highest BCUT2D eigenvalue weighted by Crippen LogP contribution is 2.30. The van der Waals surface area contributed by atoms with Crippen LogP contribution in [0.1, 0.15) is 22.3 Å². The van der Waals surface area contributed by atoms with E-state index in [4.69, 9.17) is 11.6 Å². The van der Waals surface area contributed by atoms with E-state index in [0.717, 1.165) is 5.56 Å². The molecule has 32 heavy (non-hydrogen) atoms. The van der Waals surface area contributed by atoms with E-state index in [-0.39, 0.29) is 22.9 Å². The van der Waals surface area contributed by atoms with Crippen molar-refractivity contribution in [2.75, 3.05) is 17.4 Å². The second-order valence-electron chi connectivity index (χ2n) is 7.19. The molecule has 0 saturated heterocycles. The van der Waals surface area contributed by atoms with Crippen molar-refractivity contribution in [3.63, 3.8) is 0 Å². The number of benzene rings is 2. The third-order valence-corrected chi connectivity index (χ3v) is 6.81. The van der Waals surface area contributed by atoms with E-state index in [1.807, 2.05) is 17.8 Å². The lowest BCUT2D eigenvalue weighted by Gasteiger charge is -2.24. The van der Waals surface area contributed by atoms with Crippen molar-refractivity contribution in [2.24, 2.45) is 0 Å². The third-order valence-electron chi connectivity index (χ3n) is 4.71. The minimum atomic E-state index is -3.97. The van der Waals surface area contributed by atoms with Crippen molar-refractivity contribution in [1.82, 2.24) is 15.1 Å². The van der Waals surface area contributed by atoms with Gasteiger partial charge in [-0.25, -0.2) is 8.42 Å². The minimum absolute atomic E-state index is 0.000985. The number of nitrogens with zero attached hydrogens (tertiary/aromatic N) is 3. The van der Waals surface area contributed by atoms with Crippen molar-refractivity contribution in [1.29, 1.82) is 0 Å². The maximum absolute atomic E-state index is 13.3. The Balaban J connectivity index is 1.73. The third kappa shape index (κ3) is 5.57. The lowest BCUT2D eigenvalue weighted by Crippen LogP contribution is -2.32. The highest BCUT2D eigenvalue weighted by Gasteiger charge is 2.26. The molecule has 3 rings (SSSR count). The van der Waals surface area contributed by atoms with E-state index in [1.54, 1.807) is 42.6 Å². The molecular formula is C23H25ClN4O3S. The van der Waals surface area contributed by atoms with E-state index in [2.05, 4.69) is 17.0 Å². The lowest BCUT2D eigenvalue weighted by molar-refractivity contribution is 0.0952. The van der Waals surface area contributed by atoms with Gasteiger partial charge in [0.1, 0.15) is 0 Å². The van der Waals surface area contributed by atoms with Gasteiger partial charge in [0.05, 0.1) is 28.3 Å². The van der Waals surface area contributed by atoms with Crippen LogP contribution in [0.2, 0.25) is 5.02 Å². The average molecular weight is 473 g/mol. The van der Waals surface area contributed by atoms with E-state index >= 15 is 0 Å². The fourth-order valence-corrected chi connectivity index (χ4v) is 4.95. The summed E-state index contributed by atoms with van der Waals surface area (Å²) in [6, 6.07) is 12.6. The van der Waals surface area contributed by atoms with Crippen molar-refractivity contribution in [3.8, 4) is 0 Å². The van der Waals surface area contributed by atoms with Gasteiger partial charge in [0, 0.05) is 24.8 Å². The monoisotopic (exact) mass is 472 g/mol. The fraction of sp³-hybridized carbons (Fsp3) is 0.217. The SMILES string of the molecule is C=CCN(c1ccccc1Cl)S(=O)(=O)c1cccc(C(=O)NCCCn2cc(C)cn2)c1. The molecule has 1 amide bonds. The summed E-state index contributed by atoms with van der Waals surface area (Å²) in [5, 5.41) is 7.34. The van der Waals surface area contributed by atoms with Crippen LogP contribution in [0.15, 0.2) is 78.5 Å². The largest absolute Gasteiger partial charge is 0.352 e. The molecule has 0 aliphatic rings. The molecular weight excluding hydrogens is 448 g/mol. The maximum atomic E-state index is 13.3. The predicted octanol–water partition coefficient (Wildman–Crippen LogP) is 4.05. The molecule has 1 aromatic heterocycles. The molecule has 0 aliphatic carbocycles. The van der Waals surface area contributed by atoms with Gasteiger partial charge >= 0.3 is 0 Å². The van der Waals surface area contributed by atoms with Crippen LogP contribution >= 0.6 is 11.6 Å². The summed E-state index contributed by atoms with van der Waals surface area (Å²) in [7, 11) is -3.97. The molecule has 0 fully saturated rings. The number of halogens is 1. The van der Waals surface area contributed by atoms with E-state index in [9.17, 15) is 13.2 Å². The fourth-order valence-electron chi connectivity index (χ4n) is 3.16. The first-order valence-electron chi connectivity index (χ1n) is 10.1. The molecule has 1 N–H and O–H groups in total. The zero-order valence-corrected chi connectivity index (χ0v) is 19.3. The Morgan fingerprint density at radius 2 is 2.03 bits per heavy atom. The molecule has 0 bridgehead atoms. The Labute approximate surface area is 193 Å². The number of para-hydroxylation sites is 1. The van der Waals surface area contributed by atoms with Crippen LogP contribution in [0.5, 0.6) is 0 Å². The van der Waals surface area contributed by atoms with Gasteiger partial charge in [0.15, 0.2) is 0 Å². The van der Waals surface area contributed by atoms with Gasteiger partial charge in [0.25, 0.3) is 15.9 Å². The minimum Gasteiger partial charge on any atom is -0.352 e. The molecule has 0 unspecified atom stereocenters. The number of carbonyl (C=O) groups excluding carboxylic acids is 1. The van der Waals surface area contributed by atoms with Crippen LogP contribution in [0.3, 0.4) is 0 Å². The van der Waals surface area contributed by atoms with Crippen molar-refractivity contribution in [3.05, 3.63) is 89.7 Å². The number of amides is 1. The van der Waals surface area contributed by atoms with Gasteiger partial charge in [-0.05, 0) is 49.2 Å². The van der Waals surface area contributed by atoms with Gasteiger partial charge in [0.2, 0.25) is 0 Å². The molecule has 0 saturated carbocycles. The first kappa shape index (κ1) is 23.6. The van der Waals surface area contributed by atoms with Crippen molar-refractivity contribution >= 4 is 33.2 Å². The Bertz CT molecular complexity index is 1210. The number of aromatic nitrogens is 2. The highest BCUT2D eigenvalue weighted by atomic mass is 35.5. The van der Waals surface area contributed by atoms with Gasteiger partial charge in [-0.3, -0.25) is 13.8 Å². The Hall–Kier alpha value is -3.10.